The standard InChI is InChI=1S/C16H16N4O4S/c1-11-3-5-14(6-4-11)25(22,23)20-8-7-13(10-20)16(21)17-9-15-18-12(2)19-24-15/h3-8,10H,9H2,1-2H3,(H,17,21). The van der Waals surface area contributed by atoms with Crippen LogP contribution in [0, 0.1) is 13.8 Å². The van der Waals surface area contributed by atoms with E-state index in [-0.39, 0.29) is 22.9 Å². The number of amides is 1. The Balaban J connectivity index is 1.75. The second kappa shape index (κ2) is 6.52. The molecule has 0 saturated carbocycles. The fourth-order valence-electron chi connectivity index (χ4n) is 2.16. The molecule has 1 aromatic carbocycles. The highest BCUT2D eigenvalue weighted by Gasteiger charge is 2.18. The normalized spacial score (nSPS) is 11.4. The number of aromatic nitrogens is 3. The van der Waals surface area contributed by atoms with E-state index >= 15 is 0 Å². The average Bonchev–Trinajstić information content (AvgIpc) is 3.22. The lowest BCUT2D eigenvalue weighted by atomic mass is 10.2. The number of carbonyl (C=O) groups is 1. The molecule has 8 nitrogen and oxygen atoms in total. The quantitative estimate of drug-likeness (QED) is 0.741. The molecule has 0 fully saturated rings. The van der Waals surface area contributed by atoms with Gasteiger partial charge in [0.2, 0.25) is 5.89 Å². The van der Waals surface area contributed by atoms with Gasteiger partial charge in [-0.3, -0.25) is 4.79 Å². The summed E-state index contributed by atoms with van der Waals surface area (Å²) in [7, 11) is -3.74. The number of nitrogens with zero attached hydrogens (tertiary/aromatic N) is 3. The highest BCUT2D eigenvalue weighted by Crippen LogP contribution is 2.16. The van der Waals surface area contributed by atoms with Crippen LogP contribution in [-0.4, -0.2) is 28.4 Å². The monoisotopic (exact) mass is 360 g/mol. The van der Waals surface area contributed by atoms with Gasteiger partial charge in [-0.15, -0.1) is 0 Å². The van der Waals surface area contributed by atoms with E-state index in [0.29, 0.717) is 5.82 Å². The van der Waals surface area contributed by atoms with Crippen LogP contribution >= 0.6 is 0 Å². The first-order chi connectivity index (χ1) is 11.9. The number of rotatable bonds is 5. The van der Waals surface area contributed by atoms with Crippen LogP contribution in [0.1, 0.15) is 27.6 Å². The van der Waals surface area contributed by atoms with Crippen LogP contribution in [0.15, 0.2) is 52.1 Å². The van der Waals surface area contributed by atoms with E-state index in [1.54, 1.807) is 19.1 Å². The van der Waals surface area contributed by atoms with Gasteiger partial charge in [-0.25, -0.2) is 12.4 Å². The van der Waals surface area contributed by atoms with Crippen LogP contribution in [0.25, 0.3) is 0 Å². The van der Waals surface area contributed by atoms with Crippen LogP contribution in [-0.2, 0) is 16.6 Å². The van der Waals surface area contributed by atoms with Crippen LogP contribution in [0.2, 0.25) is 0 Å². The molecule has 25 heavy (non-hydrogen) atoms. The summed E-state index contributed by atoms with van der Waals surface area (Å²) in [5.74, 6) is 0.311. The average molecular weight is 360 g/mol. The van der Waals surface area contributed by atoms with Gasteiger partial charge in [-0.1, -0.05) is 22.9 Å². The molecule has 3 rings (SSSR count). The van der Waals surface area contributed by atoms with E-state index in [1.807, 2.05) is 6.92 Å². The van der Waals surface area contributed by atoms with Crippen molar-refractivity contribution in [2.75, 3.05) is 0 Å². The molecule has 1 N–H and O–H groups in total. The van der Waals surface area contributed by atoms with Crippen molar-refractivity contribution in [1.29, 1.82) is 0 Å². The Labute approximate surface area is 144 Å². The minimum Gasteiger partial charge on any atom is -0.343 e. The summed E-state index contributed by atoms with van der Waals surface area (Å²) in [6.45, 7) is 3.61. The highest BCUT2D eigenvalue weighted by atomic mass is 32.2. The molecule has 2 heterocycles. The van der Waals surface area contributed by atoms with Gasteiger partial charge >= 0.3 is 0 Å². The van der Waals surface area contributed by atoms with E-state index in [0.717, 1.165) is 9.54 Å². The molecule has 1 amide bonds. The molecule has 0 aliphatic carbocycles. The van der Waals surface area contributed by atoms with Crippen LogP contribution in [0.3, 0.4) is 0 Å². The summed E-state index contributed by atoms with van der Waals surface area (Å²) in [5, 5.41) is 6.22. The van der Waals surface area contributed by atoms with Crippen molar-refractivity contribution in [3.05, 3.63) is 65.6 Å². The van der Waals surface area contributed by atoms with Gasteiger partial charge in [0, 0.05) is 12.4 Å². The maximum absolute atomic E-state index is 12.6. The number of nitrogens with one attached hydrogen (secondary N) is 1. The van der Waals surface area contributed by atoms with Gasteiger partial charge in [-0.2, -0.15) is 4.98 Å². The van der Waals surface area contributed by atoms with Gasteiger partial charge in [0.05, 0.1) is 17.0 Å². The Hall–Kier alpha value is -2.94. The lowest BCUT2D eigenvalue weighted by Crippen LogP contribution is -2.22. The second-order valence-corrected chi connectivity index (χ2v) is 7.31. The highest BCUT2D eigenvalue weighted by molar-refractivity contribution is 7.90. The van der Waals surface area contributed by atoms with Crippen LogP contribution < -0.4 is 5.32 Å². The molecular formula is C16H16N4O4S. The Morgan fingerprint density at radius 2 is 1.92 bits per heavy atom. The third kappa shape index (κ3) is 3.61. The Morgan fingerprint density at radius 3 is 2.56 bits per heavy atom. The number of hydrogen-bond acceptors (Lipinski definition) is 6. The third-order valence-electron chi connectivity index (χ3n) is 3.50. The first kappa shape index (κ1) is 16.9. The largest absolute Gasteiger partial charge is 0.343 e. The molecule has 0 aliphatic heterocycles. The van der Waals surface area contributed by atoms with Crippen molar-refractivity contribution in [3.63, 3.8) is 0 Å². The Morgan fingerprint density at radius 1 is 1.20 bits per heavy atom. The molecule has 9 heteroatoms. The van der Waals surface area contributed by atoms with E-state index in [4.69, 9.17) is 4.52 Å². The molecule has 0 bridgehead atoms. The zero-order valence-electron chi connectivity index (χ0n) is 13.6. The number of carbonyl (C=O) groups excluding carboxylic acids is 1. The first-order valence-electron chi connectivity index (χ1n) is 7.44. The van der Waals surface area contributed by atoms with Gasteiger partial charge in [0.1, 0.15) is 0 Å². The maximum Gasteiger partial charge on any atom is 0.267 e. The second-order valence-electron chi connectivity index (χ2n) is 5.47. The number of hydrogen-bond donors (Lipinski definition) is 1. The molecule has 0 radical (unpaired) electrons. The van der Waals surface area contributed by atoms with Crippen molar-refractivity contribution in [2.24, 2.45) is 0 Å². The molecule has 130 valence electrons. The fourth-order valence-corrected chi connectivity index (χ4v) is 3.36. The van der Waals surface area contributed by atoms with Crippen molar-refractivity contribution < 1.29 is 17.7 Å². The lowest BCUT2D eigenvalue weighted by Gasteiger charge is -2.06. The first-order valence-corrected chi connectivity index (χ1v) is 8.88. The summed E-state index contributed by atoms with van der Waals surface area (Å²) < 4.78 is 31.0. The number of aryl methyl sites for hydroxylation is 2. The van der Waals surface area contributed by atoms with E-state index < -0.39 is 15.9 Å². The SMILES string of the molecule is Cc1ccc(S(=O)(=O)n2ccc(C(=O)NCc3nc(C)no3)c2)cc1. The van der Waals surface area contributed by atoms with Crippen molar-refractivity contribution >= 4 is 15.9 Å². The summed E-state index contributed by atoms with van der Waals surface area (Å²) >= 11 is 0. The topological polar surface area (TPSA) is 107 Å². The minimum absolute atomic E-state index is 0.0650. The van der Waals surface area contributed by atoms with Crippen molar-refractivity contribution in [3.8, 4) is 0 Å². The van der Waals surface area contributed by atoms with Gasteiger partial charge in [-0.05, 0) is 32.0 Å². The van der Waals surface area contributed by atoms with E-state index in [2.05, 4.69) is 15.5 Å². The van der Waals surface area contributed by atoms with Gasteiger partial charge in [0.15, 0.2) is 5.82 Å². The minimum atomic E-state index is -3.74. The molecule has 3 aromatic rings. The number of benzene rings is 1. The third-order valence-corrected chi connectivity index (χ3v) is 5.15. The van der Waals surface area contributed by atoms with Gasteiger partial charge in [0.25, 0.3) is 15.9 Å². The molecule has 0 saturated heterocycles. The molecule has 0 aliphatic rings. The molecule has 0 spiro atoms. The summed E-state index contributed by atoms with van der Waals surface area (Å²) in [6.07, 6.45) is 2.60. The maximum atomic E-state index is 12.6. The fraction of sp³-hybridized carbons (Fsp3) is 0.188. The summed E-state index contributed by atoms with van der Waals surface area (Å²) in [5.41, 5.74) is 1.18. The van der Waals surface area contributed by atoms with Crippen LogP contribution in [0.5, 0.6) is 0 Å². The summed E-state index contributed by atoms with van der Waals surface area (Å²) in [4.78, 5) is 16.3. The molecular weight excluding hydrogens is 344 g/mol. The lowest BCUT2D eigenvalue weighted by molar-refractivity contribution is 0.0946. The smallest absolute Gasteiger partial charge is 0.267 e. The molecule has 2 aromatic heterocycles. The molecule has 0 atom stereocenters. The van der Waals surface area contributed by atoms with E-state index in [1.165, 1.54) is 30.6 Å². The predicted octanol–water partition coefficient (Wildman–Crippen LogP) is 1.65. The summed E-state index contributed by atoms with van der Waals surface area (Å²) in [6, 6.07) is 7.93. The predicted molar refractivity (Wildman–Crippen MR) is 88.4 cm³/mol. The van der Waals surface area contributed by atoms with Crippen molar-refractivity contribution in [2.45, 2.75) is 25.3 Å². The van der Waals surface area contributed by atoms with Crippen molar-refractivity contribution in [1.82, 2.24) is 19.4 Å². The van der Waals surface area contributed by atoms with E-state index in [9.17, 15) is 13.2 Å². The molecule has 0 unspecified atom stereocenters. The Kier molecular flexibility index (Phi) is 4.41. The zero-order valence-corrected chi connectivity index (χ0v) is 14.4. The zero-order chi connectivity index (χ0) is 18.0. The van der Waals surface area contributed by atoms with Gasteiger partial charge < -0.3 is 9.84 Å². The van der Waals surface area contributed by atoms with Crippen LogP contribution in [0.4, 0.5) is 0 Å². The Bertz CT molecular complexity index is 1000.